The number of ether oxygens (including phenoxy) is 3. The lowest BCUT2D eigenvalue weighted by Gasteiger charge is -2.18. The molecule has 3 rings (SSSR count). The normalized spacial score (nSPS) is 19.6. The number of hydrogen-bond acceptors (Lipinski definition) is 6. The SMILES string of the molecule is COC(=O)C(c1cc(C2=C=C(C3OCCO3)C2)no1)C(C)C. The van der Waals surface area contributed by atoms with E-state index in [1.54, 1.807) is 6.07 Å². The summed E-state index contributed by atoms with van der Waals surface area (Å²) in [6.07, 6.45) is 0.440. The molecule has 0 N–H and O–H groups in total. The second-order valence-electron chi connectivity index (χ2n) is 5.74. The first-order chi connectivity index (χ1) is 10.6. The van der Waals surface area contributed by atoms with Gasteiger partial charge < -0.3 is 18.7 Å². The monoisotopic (exact) mass is 305 g/mol. The van der Waals surface area contributed by atoms with Crippen LogP contribution in [0.2, 0.25) is 0 Å². The Bertz CT molecular complexity index is 633. The predicted molar refractivity (Wildman–Crippen MR) is 76.8 cm³/mol. The summed E-state index contributed by atoms with van der Waals surface area (Å²) in [6, 6.07) is 1.79. The number of hydrogen-bond donors (Lipinski definition) is 0. The Morgan fingerprint density at radius 2 is 2.09 bits per heavy atom. The summed E-state index contributed by atoms with van der Waals surface area (Å²) in [7, 11) is 1.38. The Kier molecular flexibility index (Phi) is 4.16. The van der Waals surface area contributed by atoms with Gasteiger partial charge in [0.15, 0.2) is 12.1 Å². The van der Waals surface area contributed by atoms with Crippen molar-refractivity contribution in [2.45, 2.75) is 32.5 Å². The van der Waals surface area contributed by atoms with E-state index in [1.807, 2.05) is 13.8 Å². The zero-order chi connectivity index (χ0) is 15.7. The summed E-state index contributed by atoms with van der Waals surface area (Å²) < 4.78 is 21.0. The van der Waals surface area contributed by atoms with Crippen molar-refractivity contribution in [2.75, 3.05) is 20.3 Å². The maximum Gasteiger partial charge on any atom is 0.316 e. The Morgan fingerprint density at radius 1 is 1.41 bits per heavy atom. The van der Waals surface area contributed by atoms with E-state index >= 15 is 0 Å². The summed E-state index contributed by atoms with van der Waals surface area (Å²) in [5.41, 5.74) is 5.84. The molecule has 1 aliphatic carbocycles. The van der Waals surface area contributed by atoms with E-state index in [2.05, 4.69) is 10.9 Å². The fraction of sp³-hybridized carbons (Fsp3) is 0.562. The molecule has 1 atom stereocenters. The van der Waals surface area contributed by atoms with Crippen molar-refractivity contribution in [1.29, 1.82) is 0 Å². The van der Waals surface area contributed by atoms with Crippen molar-refractivity contribution < 1.29 is 23.5 Å². The lowest BCUT2D eigenvalue weighted by atomic mass is 9.91. The van der Waals surface area contributed by atoms with Gasteiger partial charge in [-0.3, -0.25) is 4.79 Å². The molecule has 2 heterocycles. The molecule has 0 amide bonds. The minimum atomic E-state index is -0.447. The number of methoxy groups -OCH3 is 1. The minimum absolute atomic E-state index is 0.0648. The first-order valence-corrected chi connectivity index (χ1v) is 7.36. The Hall–Kier alpha value is -1.88. The third-order valence-corrected chi connectivity index (χ3v) is 3.85. The van der Waals surface area contributed by atoms with E-state index in [1.165, 1.54) is 7.11 Å². The number of esters is 1. The lowest BCUT2D eigenvalue weighted by Crippen LogP contribution is -2.19. The molecular formula is C16H19NO5. The Labute approximate surface area is 128 Å². The van der Waals surface area contributed by atoms with Crippen LogP contribution in [0.3, 0.4) is 0 Å². The minimum Gasteiger partial charge on any atom is -0.468 e. The van der Waals surface area contributed by atoms with Gasteiger partial charge in [0.1, 0.15) is 11.6 Å². The molecule has 0 radical (unpaired) electrons. The van der Waals surface area contributed by atoms with Crippen LogP contribution in [-0.4, -0.2) is 37.7 Å². The number of rotatable bonds is 5. The van der Waals surface area contributed by atoms with E-state index in [0.29, 0.717) is 31.1 Å². The van der Waals surface area contributed by atoms with Crippen LogP contribution in [0.5, 0.6) is 0 Å². The highest BCUT2D eigenvalue weighted by molar-refractivity contribution is 5.78. The van der Waals surface area contributed by atoms with Gasteiger partial charge in [-0.1, -0.05) is 19.0 Å². The average molecular weight is 305 g/mol. The molecule has 0 saturated carbocycles. The summed E-state index contributed by atoms with van der Waals surface area (Å²) in [6.45, 7) is 5.13. The van der Waals surface area contributed by atoms with Crippen LogP contribution in [0.1, 0.15) is 37.6 Å². The molecule has 1 unspecified atom stereocenters. The summed E-state index contributed by atoms with van der Waals surface area (Å²) in [5.74, 6) is -0.177. The molecule has 2 aliphatic rings. The van der Waals surface area contributed by atoms with E-state index < -0.39 is 5.92 Å². The van der Waals surface area contributed by atoms with Crippen molar-refractivity contribution in [1.82, 2.24) is 5.16 Å². The fourth-order valence-electron chi connectivity index (χ4n) is 2.64. The van der Waals surface area contributed by atoms with Crippen molar-refractivity contribution >= 4 is 11.5 Å². The molecule has 1 aromatic heterocycles. The molecule has 1 aliphatic heterocycles. The molecule has 6 heteroatoms. The first-order valence-electron chi connectivity index (χ1n) is 7.36. The number of carbonyl (C=O) groups excluding carboxylic acids is 1. The summed E-state index contributed by atoms with van der Waals surface area (Å²) >= 11 is 0. The highest BCUT2D eigenvalue weighted by Crippen LogP contribution is 2.35. The van der Waals surface area contributed by atoms with Gasteiger partial charge in [-0.2, -0.15) is 0 Å². The topological polar surface area (TPSA) is 70.8 Å². The highest BCUT2D eigenvalue weighted by Gasteiger charge is 2.31. The number of aromatic nitrogens is 1. The predicted octanol–water partition coefficient (Wildman–Crippen LogP) is 2.27. The Balaban J connectivity index is 1.80. The van der Waals surface area contributed by atoms with E-state index in [4.69, 9.17) is 18.7 Å². The fourth-order valence-corrected chi connectivity index (χ4v) is 2.64. The van der Waals surface area contributed by atoms with E-state index in [-0.39, 0.29) is 18.2 Å². The van der Waals surface area contributed by atoms with Gasteiger partial charge in [-0.05, 0) is 5.92 Å². The van der Waals surface area contributed by atoms with Crippen LogP contribution in [0.25, 0.3) is 5.57 Å². The van der Waals surface area contributed by atoms with Crippen LogP contribution in [0.15, 0.2) is 21.9 Å². The first kappa shape index (κ1) is 15.0. The van der Waals surface area contributed by atoms with E-state index in [9.17, 15) is 4.79 Å². The second kappa shape index (κ2) is 6.08. The third kappa shape index (κ3) is 2.73. The largest absolute Gasteiger partial charge is 0.468 e. The summed E-state index contributed by atoms with van der Waals surface area (Å²) in [4.78, 5) is 11.9. The van der Waals surface area contributed by atoms with Gasteiger partial charge in [-0.15, -0.1) is 5.73 Å². The number of nitrogens with zero attached hydrogens (tertiary/aromatic N) is 1. The maximum atomic E-state index is 11.9. The second-order valence-corrected chi connectivity index (χ2v) is 5.74. The quantitative estimate of drug-likeness (QED) is 0.614. The van der Waals surface area contributed by atoms with Gasteiger partial charge in [0.05, 0.1) is 20.3 Å². The molecule has 0 aromatic carbocycles. The van der Waals surface area contributed by atoms with Crippen LogP contribution >= 0.6 is 0 Å². The summed E-state index contributed by atoms with van der Waals surface area (Å²) in [5, 5.41) is 4.04. The molecule has 1 fully saturated rings. The third-order valence-electron chi connectivity index (χ3n) is 3.85. The lowest BCUT2D eigenvalue weighted by molar-refractivity contribution is -0.144. The van der Waals surface area contributed by atoms with Crippen molar-refractivity contribution in [3.8, 4) is 0 Å². The van der Waals surface area contributed by atoms with Crippen LogP contribution in [-0.2, 0) is 19.0 Å². The van der Waals surface area contributed by atoms with Gasteiger partial charge in [0.25, 0.3) is 0 Å². The van der Waals surface area contributed by atoms with Crippen molar-refractivity contribution in [2.24, 2.45) is 5.92 Å². The molecule has 1 aromatic rings. The standard InChI is InChI=1S/C16H19NO5/c1-9(2)14(15(18)19-3)13-8-12(17-22-13)10-6-11(7-10)16-20-4-5-21-16/h8-9,14,16H,4-6H2,1-3H3. The molecule has 6 nitrogen and oxygen atoms in total. The van der Waals surface area contributed by atoms with Crippen molar-refractivity contribution in [3.05, 3.63) is 28.8 Å². The van der Waals surface area contributed by atoms with Gasteiger partial charge in [-0.25, -0.2) is 0 Å². The molecule has 118 valence electrons. The highest BCUT2D eigenvalue weighted by atomic mass is 16.7. The van der Waals surface area contributed by atoms with Crippen molar-refractivity contribution in [3.63, 3.8) is 0 Å². The maximum absolute atomic E-state index is 11.9. The zero-order valence-electron chi connectivity index (χ0n) is 12.9. The molecule has 22 heavy (non-hydrogen) atoms. The zero-order valence-corrected chi connectivity index (χ0v) is 12.9. The molecule has 1 saturated heterocycles. The molecule has 0 spiro atoms. The smallest absolute Gasteiger partial charge is 0.316 e. The van der Waals surface area contributed by atoms with Crippen LogP contribution < -0.4 is 0 Å². The van der Waals surface area contributed by atoms with Gasteiger partial charge in [0.2, 0.25) is 0 Å². The van der Waals surface area contributed by atoms with Crippen LogP contribution in [0.4, 0.5) is 0 Å². The van der Waals surface area contributed by atoms with Crippen LogP contribution in [0, 0.1) is 5.92 Å². The van der Waals surface area contributed by atoms with Gasteiger partial charge >= 0.3 is 5.97 Å². The van der Waals surface area contributed by atoms with Gasteiger partial charge in [0, 0.05) is 23.6 Å². The molecular weight excluding hydrogens is 286 g/mol. The number of carbonyl (C=O) groups is 1. The average Bonchev–Trinajstić information content (AvgIpc) is 3.09. The van der Waals surface area contributed by atoms with E-state index in [0.717, 1.165) is 11.1 Å². The Morgan fingerprint density at radius 3 is 2.68 bits per heavy atom. The molecule has 0 bridgehead atoms.